The third kappa shape index (κ3) is 3.55. The fourth-order valence-corrected chi connectivity index (χ4v) is 7.97. The molecule has 6 aliphatic heterocycles. The Balaban J connectivity index is 1.21. The number of likely N-dealkylation sites (tertiary alicyclic amines) is 2. The van der Waals surface area contributed by atoms with Crippen molar-refractivity contribution in [3.63, 3.8) is 0 Å². The van der Waals surface area contributed by atoms with Crippen LogP contribution in [0.15, 0.2) is 57.8 Å². The number of nitrogens with one attached hydrogen (secondary N) is 2. The third-order valence-corrected chi connectivity index (χ3v) is 9.96. The van der Waals surface area contributed by atoms with Crippen LogP contribution in [-0.2, 0) is 20.4 Å². The molecule has 46 heavy (non-hydrogen) atoms. The van der Waals surface area contributed by atoms with Crippen molar-refractivity contribution in [2.24, 2.45) is 15.3 Å². The van der Waals surface area contributed by atoms with E-state index < -0.39 is 35.0 Å². The molecule has 14 heteroatoms. The first-order valence-electron chi connectivity index (χ1n) is 14.8. The molecule has 0 saturated carbocycles. The first-order valence-corrected chi connectivity index (χ1v) is 14.8. The highest BCUT2D eigenvalue weighted by atomic mass is 19.4. The van der Waals surface area contributed by atoms with E-state index in [4.69, 9.17) is 11.5 Å². The van der Waals surface area contributed by atoms with Crippen LogP contribution in [-0.4, -0.2) is 81.2 Å². The summed E-state index contributed by atoms with van der Waals surface area (Å²) in [7, 11) is 0. The number of rotatable bonds is 3. The van der Waals surface area contributed by atoms with Gasteiger partial charge in [0, 0.05) is 54.5 Å². The molecule has 0 aliphatic carbocycles. The van der Waals surface area contributed by atoms with Gasteiger partial charge in [0.2, 0.25) is 17.8 Å². The lowest BCUT2D eigenvalue weighted by Gasteiger charge is -2.33. The summed E-state index contributed by atoms with van der Waals surface area (Å²) in [4.78, 5) is 28.0. The molecule has 2 N–H and O–H groups in total. The van der Waals surface area contributed by atoms with Crippen LogP contribution in [0.3, 0.4) is 0 Å². The Labute approximate surface area is 260 Å². The summed E-state index contributed by atoms with van der Waals surface area (Å²) < 4.78 is 42.8. The highest BCUT2D eigenvalue weighted by Gasteiger charge is 2.64. The van der Waals surface area contributed by atoms with Crippen molar-refractivity contribution >= 4 is 52.5 Å². The third-order valence-electron chi connectivity index (χ3n) is 9.96. The Bertz CT molecular complexity index is 1970. The van der Waals surface area contributed by atoms with Crippen molar-refractivity contribution in [1.29, 1.82) is 5.26 Å². The number of nitrogens with zero attached hydrogens (tertiary/aromatic N) is 7. The molecule has 4 unspecified atom stereocenters. The number of hydrogen-bond donors (Lipinski definition) is 2. The summed E-state index contributed by atoms with van der Waals surface area (Å²) in [6.07, 6.45) is 3.35. The second-order valence-electron chi connectivity index (χ2n) is 12.1. The predicted octanol–water partition coefficient (Wildman–Crippen LogP) is 3.22. The molecule has 0 aromatic heterocycles. The number of amidine groups is 2. The zero-order valence-corrected chi connectivity index (χ0v) is 24.2. The maximum atomic E-state index is 13.8. The lowest BCUT2D eigenvalue weighted by atomic mass is 9.73. The molecular weight excluding hydrogens is 599 g/mol. The number of benzene rings is 2. The fraction of sp³-hybridized carbons (Fsp3) is 0.344. The summed E-state index contributed by atoms with van der Waals surface area (Å²) in [5, 5.41) is 30.0. The number of anilines is 2. The average Bonchev–Trinajstić information content (AvgIpc) is 3.80. The average molecular weight is 625 g/mol. The summed E-state index contributed by atoms with van der Waals surface area (Å²) in [5.41, 5.74) is 1.97. The van der Waals surface area contributed by atoms with Gasteiger partial charge in [-0.3, -0.25) is 19.4 Å². The van der Waals surface area contributed by atoms with Crippen LogP contribution in [0.1, 0.15) is 36.8 Å². The van der Waals surface area contributed by atoms with Crippen molar-refractivity contribution < 1.29 is 27.4 Å². The van der Waals surface area contributed by atoms with E-state index in [0.717, 1.165) is 21.7 Å². The zero-order valence-electron chi connectivity index (χ0n) is 24.2. The van der Waals surface area contributed by atoms with Gasteiger partial charge in [-0.1, -0.05) is 22.9 Å². The molecule has 2 spiro atoms. The Morgan fingerprint density at radius 2 is 1.78 bits per heavy atom. The number of halogens is 3. The monoisotopic (exact) mass is 624 g/mol. The lowest BCUT2D eigenvalue weighted by molar-refractivity contribution is -0.445. The van der Waals surface area contributed by atoms with Gasteiger partial charge in [0.15, 0.2) is 11.5 Å². The Hall–Kier alpha value is -5.50. The number of para-hydroxylation sites is 1. The second-order valence-corrected chi connectivity index (χ2v) is 12.1. The Morgan fingerprint density at radius 1 is 1.02 bits per heavy atom. The van der Waals surface area contributed by atoms with Crippen LogP contribution in [0.2, 0.25) is 0 Å². The summed E-state index contributed by atoms with van der Waals surface area (Å²) in [6, 6.07) is 13.9. The highest BCUT2D eigenvalue weighted by molar-refractivity contribution is 6.18. The quantitative estimate of drug-likeness (QED) is 0.401. The molecule has 230 valence electrons. The largest absolute Gasteiger partial charge is 0.471 e. The maximum Gasteiger partial charge on any atom is 0.471 e. The molecule has 2 aromatic rings. The van der Waals surface area contributed by atoms with E-state index in [2.05, 4.69) is 32.8 Å². The summed E-state index contributed by atoms with van der Waals surface area (Å²) >= 11 is 0. The van der Waals surface area contributed by atoms with Gasteiger partial charge in [-0.05, 0) is 36.1 Å². The van der Waals surface area contributed by atoms with Gasteiger partial charge < -0.3 is 10.6 Å². The molecule has 2 amide bonds. The van der Waals surface area contributed by atoms with Crippen LogP contribution < -0.4 is 10.6 Å². The number of carbonyl (C=O) groups is 2. The molecule has 11 nitrogen and oxygen atoms in total. The number of alkyl halides is 3. The molecule has 0 bridgehead atoms. The minimum atomic E-state index is -5.06. The topological polar surface area (TPSA) is 129 Å². The van der Waals surface area contributed by atoms with Gasteiger partial charge in [0.1, 0.15) is 17.9 Å². The van der Waals surface area contributed by atoms with E-state index in [1.165, 1.54) is 4.68 Å². The number of carbonyl (C=O) groups excluding carboxylic acids is 2. The molecule has 4 atom stereocenters. The van der Waals surface area contributed by atoms with E-state index in [1.54, 1.807) is 17.0 Å². The number of nitriles is 1. The van der Waals surface area contributed by atoms with E-state index in [-0.39, 0.29) is 43.3 Å². The number of hydrogen-bond acceptors (Lipinski definition) is 8. The summed E-state index contributed by atoms with van der Waals surface area (Å²) in [6.45, 7) is 0.249. The fourth-order valence-electron chi connectivity index (χ4n) is 7.97. The van der Waals surface area contributed by atoms with Crippen molar-refractivity contribution in [2.45, 2.75) is 54.8 Å². The lowest BCUT2D eigenvalue weighted by Crippen LogP contribution is -2.53. The van der Waals surface area contributed by atoms with Crippen LogP contribution in [0.25, 0.3) is 0 Å². The number of amides is 2. The number of fused-ring (bicyclic) bond motifs is 2. The number of hydrazone groups is 1. The molecule has 2 aromatic carbocycles. The zero-order chi connectivity index (χ0) is 32.0. The van der Waals surface area contributed by atoms with E-state index >= 15 is 0 Å². The first-order chi connectivity index (χ1) is 22.1. The smallest absolute Gasteiger partial charge is 0.374 e. The SMILES string of the molecule is C#CCCC(=O)N1CCC23C1=NN=C(C#N)C2Nc1cc([N+]2=CC4Nc5ccccc5C45CCN(C(=O)C(F)(F)F)C5=N2)ccc13. The number of terminal acetylenes is 1. The van der Waals surface area contributed by atoms with Crippen LogP contribution in [0.4, 0.5) is 30.2 Å². The minimum absolute atomic E-state index is 0.0331. The van der Waals surface area contributed by atoms with E-state index in [9.17, 15) is 28.0 Å². The van der Waals surface area contributed by atoms with Crippen molar-refractivity contribution in [3.05, 3.63) is 53.6 Å². The predicted molar refractivity (Wildman–Crippen MR) is 162 cm³/mol. The van der Waals surface area contributed by atoms with Gasteiger partial charge in [-0.25, -0.2) is 0 Å². The van der Waals surface area contributed by atoms with Gasteiger partial charge in [-0.2, -0.15) is 18.4 Å². The molecule has 8 rings (SSSR count). The maximum absolute atomic E-state index is 13.8. The normalized spacial score (nSPS) is 27.9. The molecule has 6 aliphatic rings. The molecule has 2 fully saturated rings. The highest BCUT2D eigenvalue weighted by Crippen LogP contribution is 2.53. The van der Waals surface area contributed by atoms with E-state index in [0.29, 0.717) is 30.2 Å². The molecule has 2 saturated heterocycles. The molecule has 6 heterocycles. The molecular formula is C32H25F3N9O2+. The van der Waals surface area contributed by atoms with Crippen LogP contribution >= 0.6 is 0 Å². The van der Waals surface area contributed by atoms with Crippen molar-refractivity contribution in [3.8, 4) is 18.4 Å². The van der Waals surface area contributed by atoms with Crippen LogP contribution in [0.5, 0.6) is 0 Å². The van der Waals surface area contributed by atoms with Crippen molar-refractivity contribution in [1.82, 2.24) is 9.80 Å². The van der Waals surface area contributed by atoms with Crippen molar-refractivity contribution in [2.75, 3.05) is 23.7 Å². The second kappa shape index (κ2) is 9.50. The van der Waals surface area contributed by atoms with Gasteiger partial charge in [-0.15, -0.1) is 22.5 Å². The minimum Gasteiger partial charge on any atom is -0.374 e. The van der Waals surface area contributed by atoms with Gasteiger partial charge in [0.25, 0.3) is 0 Å². The summed E-state index contributed by atoms with van der Waals surface area (Å²) in [5.74, 6) is 0.845. The Morgan fingerprint density at radius 3 is 2.57 bits per heavy atom. The standard InChI is InChI=1S/C32H25F3N9O2/c1-2-3-8-25(45)42-13-12-31-20-10-9-18(15-22(20)38-26(31)23(16-36)39-40-27(31)42)44-17-24-30(19-6-4-5-7-21(19)37-24)11-14-43(28(30)41-44)29(46)32(33,34)35/h1,4-7,9-10,15,17,24,26,37-38H,3,8,11-14H2/q+1. The first kappa shape index (κ1) is 28.0. The van der Waals surface area contributed by atoms with Gasteiger partial charge >= 0.3 is 12.1 Å². The van der Waals surface area contributed by atoms with Gasteiger partial charge in [0.05, 0.1) is 16.9 Å². The van der Waals surface area contributed by atoms with E-state index in [1.807, 2.05) is 36.5 Å². The van der Waals surface area contributed by atoms with Crippen LogP contribution in [0, 0.1) is 23.7 Å². The molecule has 0 radical (unpaired) electrons. The Kier molecular flexibility index (Phi) is 5.78.